The van der Waals surface area contributed by atoms with Crippen molar-refractivity contribution in [1.82, 2.24) is 20.1 Å². The molecule has 8 heteroatoms. The molecule has 2 aromatic rings. The van der Waals surface area contributed by atoms with E-state index in [-0.39, 0.29) is 16.7 Å². The van der Waals surface area contributed by atoms with Crippen LogP contribution in [-0.2, 0) is 9.84 Å². The minimum absolute atomic E-state index is 0.0661. The van der Waals surface area contributed by atoms with E-state index < -0.39 is 9.84 Å². The number of piperidine rings is 1. The summed E-state index contributed by atoms with van der Waals surface area (Å²) in [4.78, 5) is 18.6. The zero-order chi connectivity index (χ0) is 16.4. The molecule has 3 heterocycles. The van der Waals surface area contributed by atoms with Crippen molar-refractivity contribution in [3.63, 3.8) is 0 Å². The number of likely N-dealkylation sites (tertiary alicyclic amines) is 1. The Kier molecular flexibility index (Phi) is 4.16. The number of aromatic nitrogens is 3. The first-order valence-electron chi connectivity index (χ1n) is 7.40. The molecule has 1 aliphatic heterocycles. The fourth-order valence-corrected chi connectivity index (χ4v) is 3.78. The number of carbonyl (C=O) groups excluding carboxylic acids is 1. The summed E-state index contributed by atoms with van der Waals surface area (Å²) in [5.41, 5.74) is 0.993. The fraction of sp³-hybridized carbons (Fsp3) is 0.400. The molecule has 0 saturated carbocycles. The summed E-state index contributed by atoms with van der Waals surface area (Å²) >= 11 is 0. The lowest BCUT2D eigenvalue weighted by molar-refractivity contribution is 0.0699. The van der Waals surface area contributed by atoms with Crippen molar-refractivity contribution in [2.75, 3.05) is 19.3 Å². The average molecular weight is 334 g/mol. The van der Waals surface area contributed by atoms with Gasteiger partial charge in [-0.05, 0) is 25.0 Å². The normalized spacial score (nSPS) is 18.8. The van der Waals surface area contributed by atoms with E-state index in [0.717, 1.165) is 12.8 Å². The topological polar surface area (TPSA) is 96.0 Å². The van der Waals surface area contributed by atoms with Gasteiger partial charge in [-0.25, -0.2) is 8.42 Å². The van der Waals surface area contributed by atoms with Gasteiger partial charge in [0, 0.05) is 31.5 Å². The monoisotopic (exact) mass is 334 g/mol. The van der Waals surface area contributed by atoms with Crippen LogP contribution in [0, 0.1) is 0 Å². The van der Waals surface area contributed by atoms with Crippen molar-refractivity contribution < 1.29 is 13.2 Å². The van der Waals surface area contributed by atoms with Gasteiger partial charge in [0.1, 0.15) is 10.6 Å². The Hall–Kier alpha value is -2.22. The molecule has 1 aliphatic rings. The molecule has 0 radical (unpaired) electrons. The van der Waals surface area contributed by atoms with Gasteiger partial charge in [0.2, 0.25) is 0 Å². The van der Waals surface area contributed by atoms with E-state index in [2.05, 4.69) is 15.2 Å². The molecule has 3 rings (SSSR count). The molecule has 0 unspecified atom stereocenters. The van der Waals surface area contributed by atoms with E-state index in [1.54, 1.807) is 29.3 Å². The van der Waals surface area contributed by atoms with Crippen LogP contribution in [0.1, 0.15) is 34.9 Å². The van der Waals surface area contributed by atoms with E-state index in [1.807, 2.05) is 0 Å². The van der Waals surface area contributed by atoms with Gasteiger partial charge < -0.3 is 4.90 Å². The second kappa shape index (κ2) is 6.11. The summed E-state index contributed by atoms with van der Waals surface area (Å²) < 4.78 is 23.7. The standard InChI is InChI=1S/C15H18N4O3S/c1-23(21,22)13-9-17-18-14(13)11-5-4-8-19(10-11)15(20)12-6-2-3-7-16-12/h2-3,6-7,9,11H,4-5,8,10H2,1H3,(H,17,18)/t11-/m0/s1. The van der Waals surface area contributed by atoms with Crippen molar-refractivity contribution in [2.24, 2.45) is 0 Å². The van der Waals surface area contributed by atoms with Crippen LogP contribution in [0.25, 0.3) is 0 Å². The molecular formula is C15H18N4O3S. The predicted octanol–water partition coefficient (Wildman–Crippen LogP) is 1.23. The largest absolute Gasteiger partial charge is 0.337 e. The smallest absolute Gasteiger partial charge is 0.272 e. The Morgan fingerprint density at radius 3 is 2.91 bits per heavy atom. The van der Waals surface area contributed by atoms with Crippen molar-refractivity contribution in [1.29, 1.82) is 0 Å². The van der Waals surface area contributed by atoms with Crippen molar-refractivity contribution in [3.05, 3.63) is 42.0 Å². The molecule has 1 saturated heterocycles. The molecule has 1 amide bonds. The zero-order valence-corrected chi connectivity index (χ0v) is 13.6. The lowest BCUT2D eigenvalue weighted by Gasteiger charge is -2.32. The first-order chi connectivity index (χ1) is 11.0. The molecule has 7 nitrogen and oxygen atoms in total. The molecule has 1 atom stereocenters. The number of hydrogen-bond donors (Lipinski definition) is 1. The molecule has 0 bridgehead atoms. The van der Waals surface area contributed by atoms with Crippen molar-refractivity contribution >= 4 is 15.7 Å². The second-order valence-corrected chi connectivity index (χ2v) is 7.71. The van der Waals surface area contributed by atoms with Gasteiger partial charge in [0.05, 0.1) is 11.9 Å². The minimum atomic E-state index is -3.34. The third kappa shape index (κ3) is 3.26. The number of sulfone groups is 1. The van der Waals surface area contributed by atoms with E-state index in [4.69, 9.17) is 0 Å². The lowest BCUT2D eigenvalue weighted by Crippen LogP contribution is -2.39. The number of aromatic amines is 1. The Morgan fingerprint density at radius 2 is 2.22 bits per heavy atom. The SMILES string of the molecule is CS(=O)(=O)c1cn[nH]c1[C@H]1CCCN(C(=O)c2ccccn2)C1. The molecule has 2 aromatic heterocycles. The highest BCUT2D eigenvalue weighted by Crippen LogP contribution is 2.30. The van der Waals surface area contributed by atoms with E-state index >= 15 is 0 Å². The number of amides is 1. The second-order valence-electron chi connectivity index (χ2n) is 5.73. The maximum atomic E-state index is 12.5. The third-order valence-electron chi connectivity index (χ3n) is 4.03. The lowest BCUT2D eigenvalue weighted by atomic mass is 9.94. The van der Waals surface area contributed by atoms with E-state index in [9.17, 15) is 13.2 Å². The van der Waals surface area contributed by atoms with Crippen LogP contribution in [0.2, 0.25) is 0 Å². The van der Waals surface area contributed by atoms with Crippen LogP contribution in [0.5, 0.6) is 0 Å². The number of nitrogens with zero attached hydrogens (tertiary/aromatic N) is 3. The van der Waals surface area contributed by atoms with Gasteiger partial charge >= 0.3 is 0 Å². The summed E-state index contributed by atoms with van der Waals surface area (Å²) in [7, 11) is -3.34. The molecule has 23 heavy (non-hydrogen) atoms. The molecule has 0 spiro atoms. The molecular weight excluding hydrogens is 316 g/mol. The van der Waals surface area contributed by atoms with Gasteiger partial charge in [-0.2, -0.15) is 5.10 Å². The maximum absolute atomic E-state index is 12.5. The Morgan fingerprint density at radius 1 is 1.39 bits per heavy atom. The molecule has 1 fully saturated rings. The third-order valence-corrected chi connectivity index (χ3v) is 5.16. The van der Waals surface area contributed by atoms with Gasteiger partial charge in [-0.15, -0.1) is 0 Å². The molecule has 122 valence electrons. The van der Waals surface area contributed by atoms with Crippen LogP contribution in [0.3, 0.4) is 0 Å². The Labute approximate surface area is 134 Å². The summed E-state index contributed by atoms with van der Waals surface area (Å²) in [5.74, 6) is -0.195. The summed E-state index contributed by atoms with van der Waals surface area (Å²) in [6.45, 7) is 1.11. The Bertz CT molecular complexity index is 801. The average Bonchev–Trinajstić information content (AvgIpc) is 3.05. The number of pyridine rings is 1. The summed E-state index contributed by atoms with van der Waals surface area (Å²) in [5, 5.41) is 6.67. The van der Waals surface area contributed by atoms with Crippen LogP contribution >= 0.6 is 0 Å². The highest BCUT2D eigenvalue weighted by atomic mass is 32.2. The number of carbonyl (C=O) groups is 1. The number of rotatable bonds is 3. The van der Waals surface area contributed by atoms with Crippen LogP contribution in [-0.4, -0.2) is 53.8 Å². The highest BCUT2D eigenvalue weighted by molar-refractivity contribution is 7.90. The number of nitrogens with one attached hydrogen (secondary N) is 1. The fourth-order valence-electron chi connectivity index (χ4n) is 2.92. The van der Waals surface area contributed by atoms with Crippen LogP contribution < -0.4 is 0 Å². The Balaban J connectivity index is 1.82. The summed E-state index contributed by atoms with van der Waals surface area (Å²) in [6.07, 6.45) is 5.72. The number of hydrogen-bond acceptors (Lipinski definition) is 5. The van der Waals surface area contributed by atoms with Gasteiger partial charge in [-0.3, -0.25) is 14.9 Å². The molecule has 0 aliphatic carbocycles. The molecule has 0 aromatic carbocycles. The van der Waals surface area contributed by atoms with Gasteiger partial charge in [-0.1, -0.05) is 6.07 Å². The van der Waals surface area contributed by atoms with Gasteiger partial charge in [0.25, 0.3) is 5.91 Å². The number of H-pyrrole nitrogens is 1. The highest BCUT2D eigenvalue weighted by Gasteiger charge is 2.30. The van der Waals surface area contributed by atoms with Crippen molar-refractivity contribution in [2.45, 2.75) is 23.7 Å². The van der Waals surface area contributed by atoms with E-state index in [0.29, 0.717) is 24.5 Å². The minimum Gasteiger partial charge on any atom is -0.337 e. The van der Waals surface area contributed by atoms with Crippen molar-refractivity contribution in [3.8, 4) is 0 Å². The van der Waals surface area contributed by atoms with Crippen LogP contribution in [0.4, 0.5) is 0 Å². The summed E-state index contributed by atoms with van der Waals surface area (Å²) in [6, 6.07) is 5.22. The molecule has 1 N–H and O–H groups in total. The predicted molar refractivity (Wildman–Crippen MR) is 83.8 cm³/mol. The van der Waals surface area contributed by atoms with Gasteiger partial charge in [0.15, 0.2) is 9.84 Å². The quantitative estimate of drug-likeness (QED) is 0.910. The van der Waals surface area contributed by atoms with Crippen LogP contribution in [0.15, 0.2) is 35.5 Å². The van der Waals surface area contributed by atoms with E-state index in [1.165, 1.54) is 12.5 Å². The first kappa shape index (κ1) is 15.7. The first-order valence-corrected chi connectivity index (χ1v) is 9.29. The maximum Gasteiger partial charge on any atom is 0.272 e. The zero-order valence-electron chi connectivity index (χ0n) is 12.8.